The molecular formula is C29H28F2N2O3. The van der Waals surface area contributed by atoms with E-state index in [4.69, 9.17) is 14.7 Å². The van der Waals surface area contributed by atoms with E-state index in [0.29, 0.717) is 19.0 Å². The molecule has 0 bridgehead atoms. The molecular weight excluding hydrogens is 462 g/mol. The number of phenols is 1. The zero-order valence-electron chi connectivity index (χ0n) is 20.1. The van der Waals surface area contributed by atoms with Gasteiger partial charge in [0.05, 0.1) is 12.2 Å². The molecule has 0 atom stereocenters. The number of rotatable bonds is 6. The predicted octanol–water partition coefficient (Wildman–Crippen LogP) is 5.69. The predicted molar refractivity (Wildman–Crippen MR) is 135 cm³/mol. The molecule has 3 aromatic carbocycles. The molecule has 0 radical (unpaired) electrons. The average molecular weight is 491 g/mol. The number of alkyl halides is 1. The van der Waals surface area contributed by atoms with Crippen molar-refractivity contribution in [3.05, 3.63) is 89.2 Å². The van der Waals surface area contributed by atoms with Crippen molar-refractivity contribution in [2.45, 2.75) is 6.92 Å². The van der Waals surface area contributed by atoms with Gasteiger partial charge in [-0.25, -0.2) is 4.39 Å². The molecule has 2 aliphatic heterocycles. The molecule has 0 aliphatic carbocycles. The van der Waals surface area contributed by atoms with Crippen LogP contribution in [0.5, 0.6) is 17.2 Å². The Bertz CT molecular complexity index is 1270. The number of hydrogen-bond acceptors (Lipinski definition) is 5. The standard InChI is InChI=1S/C17H12FNO2.C12H16FNO/c1-10-14-7-13(20)3-5-17(14)21-9-15(10)11-2-4-16(18)12(6-11)8-19;13-8-11-9-14(10-11)6-7-15-12-4-2-1-3-5-12/h2-7,20H,9H2,1H3;1-5,11H,6-10H2. The van der Waals surface area contributed by atoms with Crippen LogP contribution in [0.15, 0.2) is 66.7 Å². The van der Waals surface area contributed by atoms with Crippen LogP contribution in [0.1, 0.15) is 23.6 Å². The van der Waals surface area contributed by atoms with Crippen molar-refractivity contribution in [3.63, 3.8) is 0 Å². The Morgan fingerprint density at radius 3 is 2.61 bits per heavy atom. The van der Waals surface area contributed by atoms with Gasteiger partial charge >= 0.3 is 0 Å². The van der Waals surface area contributed by atoms with E-state index in [1.807, 2.05) is 43.3 Å². The van der Waals surface area contributed by atoms with Crippen LogP contribution >= 0.6 is 0 Å². The summed E-state index contributed by atoms with van der Waals surface area (Å²) in [6.07, 6.45) is 0. The molecule has 3 aromatic rings. The molecule has 1 saturated heterocycles. The van der Waals surface area contributed by atoms with Crippen molar-refractivity contribution in [3.8, 4) is 23.3 Å². The number of fused-ring (bicyclic) bond motifs is 1. The summed E-state index contributed by atoms with van der Waals surface area (Å²) in [6, 6.07) is 21.0. The van der Waals surface area contributed by atoms with Gasteiger partial charge in [-0.15, -0.1) is 0 Å². The normalized spacial score (nSPS) is 15.1. The average Bonchev–Trinajstić information content (AvgIpc) is 2.87. The number of aromatic hydroxyl groups is 1. The molecule has 0 unspecified atom stereocenters. The molecule has 0 amide bonds. The minimum absolute atomic E-state index is 0.00880. The monoisotopic (exact) mass is 490 g/mol. The summed E-state index contributed by atoms with van der Waals surface area (Å²) in [5, 5.41) is 18.5. The highest BCUT2D eigenvalue weighted by Gasteiger charge is 2.25. The van der Waals surface area contributed by atoms with Crippen LogP contribution in [0.2, 0.25) is 0 Å². The zero-order valence-corrected chi connectivity index (χ0v) is 20.1. The van der Waals surface area contributed by atoms with E-state index < -0.39 is 5.82 Å². The number of nitrogens with zero attached hydrogens (tertiary/aromatic N) is 2. The Morgan fingerprint density at radius 1 is 1.11 bits per heavy atom. The van der Waals surface area contributed by atoms with Gasteiger partial charge in [0.2, 0.25) is 0 Å². The van der Waals surface area contributed by atoms with Gasteiger partial charge in [0.25, 0.3) is 0 Å². The summed E-state index contributed by atoms with van der Waals surface area (Å²) >= 11 is 0. The molecule has 5 rings (SSSR count). The van der Waals surface area contributed by atoms with Gasteiger partial charge in [-0.05, 0) is 60.5 Å². The van der Waals surface area contributed by atoms with E-state index >= 15 is 0 Å². The number of nitriles is 1. The first-order chi connectivity index (χ1) is 17.5. The third-order valence-electron chi connectivity index (χ3n) is 6.30. The quantitative estimate of drug-likeness (QED) is 0.481. The number of hydrogen-bond donors (Lipinski definition) is 1. The van der Waals surface area contributed by atoms with Gasteiger partial charge in [-0.2, -0.15) is 5.26 Å². The van der Waals surface area contributed by atoms with Crippen LogP contribution in [-0.4, -0.2) is 49.5 Å². The summed E-state index contributed by atoms with van der Waals surface area (Å²) in [4.78, 5) is 2.22. The molecule has 2 aliphatic rings. The van der Waals surface area contributed by atoms with E-state index in [1.165, 1.54) is 12.1 Å². The van der Waals surface area contributed by atoms with Gasteiger partial charge < -0.3 is 14.6 Å². The Morgan fingerprint density at radius 2 is 1.89 bits per heavy atom. The lowest BCUT2D eigenvalue weighted by atomic mass is 9.93. The molecule has 1 fully saturated rings. The van der Waals surface area contributed by atoms with Crippen molar-refractivity contribution >= 4 is 11.1 Å². The van der Waals surface area contributed by atoms with Gasteiger partial charge in [-0.1, -0.05) is 24.3 Å². The highest BCUT2D eigenvalue weighted by Crippen LogP contribution is 2.38. The van der Waals surface area contributed by atoms with Crippen molar-refractivity contribution < 1.29 is 23.4 Å². The maximum absolute atomic E-state index is 13.4. The van der Waals surface area contributed by atoms with Crippen LogP contribution in [0, 0.1) is 23.1 Å². The van der Waals surface area contributed by atoms with E-state index in [9.17, 15) is 13.9 Å². The fourth-order valence-corrected chi connectivity index (χ4v) is 4.22. The Kier molecular flexibility index (Phi) is 8.19. The first-order valence-electron chi connectivity index (χ1n) is 11.8. The molecule has 0 saturated carbocycles. The molecule has 0 aromatic heterocycles. The maximum Gasteiger partial charge on any atom is 0.140 e. The van der Waals surface area contributed by atoms with E-state index in [1.54, 1.807) is 24.3 Å². The van der Waals surface area contributed by atoms with Gasteiger partial charge in [0, 0.05) is 36.7 Å². The first-order valence-corrected chi connectivity index (χ1v) is 11.8. The second kappa shape index (κ2) is 11.7. The fourth-order valence-electron chi connectivity index (χ4n) is 4.22. The summed E-state index contributed by atoms with van der Waals surface area (Å²) in [5.41, 5.74) is 3.39. The lowest BCUT2D eigenvalue weighted by Crippen LogP contribution is -2.49. The summed E-state index contributed by atoms with van der Waals surface area (Å²) in [7, 11) is 0. The topological polar surface area (TPSA) is 65.7 Å². The molecule has 36 heavy (non-hydrogen) atoms. The second-order valence-corrected chi connectivity index (χ2v) is 8.82. The number of allylic oxidation sites excluding steroid dienone is 1. The van der Waals surface area contributed by atoms with Crippen molar-refractivity contribution in [1.29, 1.82) is 5.26 Å². The van der Waals surface area contributed by atoms with Gasteiger partial charge in [0.15, 0.2) is 0 Å². The Labute approximate surface area is 209 Å². The molecule has 5 nitrogen and oxygen atoms in total. The van der Waals surface area contributed by atoms with Crippen LogP contribution < -0.4 is 9.47 Å². The number of likely N-dealkylation sites (tertiary alicyclic amines) is 1. The van der Waals surface area contributed by atoms with Crippen LogP contribution in [-0.2, 0) is 0 Å². The summed E-state index contributed by atoms with van der Waals surface area (Å²) in [6.45, 7) is 5.43. The Hall–Kier alpha value is -3.89. The third kappa shape index (κ3) is 6.02. The SMILES string of the molecule is CC1=C(c2ccc(F)c(C#N)c2)COc2ccc(O)cc21.FCC1CN(CCOc2ccccc2)C1. The minimum Gasteiger partial charge on any atom is -0.508 e. The highest BCUT2D eigenvalue weighted by molar-refractivity contribution is 5.94. The highest BCUT2D eigenvalue weighted by atomic mass is 19.1. The summed E-state index contributed by atoms with van der Waals surface area (Å²) in [5.74, 6) is 1.50. The van der Waals surface area contributed by atoms with Crippen LogP contribution in [0.25, 0.3) is 11.1 Å². The van der Waals surface area contributed by atoms with Gasteiger partial charge in [0.1, 0.15) is 42.3 Å². The van der Waals surface area contributed by atoms with Crippen molar-refractivity contribution in [2.24, 2.45) is 5.92 Å². The molecule has 186 valence electrons. The Balaban J connectivity index is 0.000000179. The number of ether oxygens (including phenoxy) is 2. The van der Waals surface area contributed by atoms with Crippen molar-refractivity contribution in [1.82, 2.24) is 4.90 Å². The smallest absolute Gasteiger partial charge is 0.140 e. The van der Waals surface area contributed by atoms with Gasteiger partial charge in [-0.3, -0.25) is 9.29 Å². The zero-order chi connectivity index (χ0) is 25.5. The first kappa shape index (κ1) is 25.2. The molecule has 1 N–H and O–H groups in total. The van der Waals surface area contributed by atoms with Crippen LogP contribution in [0.4, 0.5) is 8.78 Å². The van der Waals surface area contributed by atoms with E-state index in [2.05, 4.69) is 4.90 Å². The lowest BCUT2D eigenvalue weighted by molar-refractivity contribution is 0.0668. The minimum atomic E-state index is -0.533. The number of para-hydroxylation sites is 1. The third-order valence-corrected chi connectivity index (χ3v) is 6.30. The number of benzene rings is 3. The lowest BCUT2D eigenvalue weighted by Gasteiger charge is -2.37. The van der Waals surface area contributed by atoms with Crippen molar-refractivity contribution in [2.75, 3.05) is 39.5 Å². The van der Waals surface area contributed by atoms with Crippen LogP contribution in [0.3, 0.4) is 0 Å². The number of phenolic OH excluding ortho intramolecular Hbond substituents is 1. The van der Waals surface area contributed by atoms with E-state index in [-0.39, 0.29) is 23.9 Å². The molecule has 0 spiro atoms. The second-order valence-electron chi connectivity index (χ2n) is 8.82. The fraction of sp³-hybridized carbons (Fsp3) is 0.276. The van der Waals surface area contributed by atoms with E-state index in [0.717, 1.165) is 47.7 Å². The summed E-state index contributed by atoms with van der Waals surface area (Å²) < 4.78 is 36.8. The maximum atomic E-state index is 13.4. The number of halogens is 2. The largest absolute Gasteiger partial charge is 0.508 e. The molecule has 7 heteroatoms. The molecule has 2 heterocycles.